The summed E-state index contributed by atoms with van der Waals surface area (Å²) in [6.45, 7) is 8.89. The van der Waals surface area contributed by atoms with Crippen molar-refractivity contribution in [3.63, 3.8) is 0 Å². The second-order valence-corrected chi connectivity index (χ2v) is 5.86. The van der Waals surface area contributed by atoms with Crippen molar-refractivity contribution in [1.29, 1.82) is 0 Å². The van der Waals surface area contributed by atoms with E-state index >= 15 is 0 Å². The Hall–Kier alpha value is -1.36. The summed E-state index contributed by atoms with van der Waals surface area (Å²) in [7, 11) is 0. The molecule has 0 N–H and O–H groups in total. The SMILES string of the molecule is C#Cc1cnc2c(n1)C(C)(C)CCC2(C)C. The molecule has 1 aromatic heterocycles. The van der Waals surface area contributed by atoms with Gasteiger partial charge in [0.25, 0.3) is 0 Å². The topological polar surface area (TPSA) is 25.8 Å². The van der Waals surface area contributed by atoms with Crippen LogP contribution in [-0.4, -0.2) is 9.97 Å². The maximum atomic E-state index is 5.39. The third-order valence-corrected chi connectivity index (χ3v) is 3.58. The first-order valence-corrected chi connectivity index (χ1v) is 5.71. The van der Waals surface area contributed by atoms with E-state index in [1.54, 1.807) is 6.20 Å². The Kier molecular flexibility index (Phi) is 2.31. The minimum Gasteiger partial charge on any atom is -0.256 e. The Morgan fingerprint density at radius 1 is 1.12 bits per heavy atom. The molecule has 84 valence electrons. The average Bonchev–Trinajstić information content (AvgIpc) is 2.24. The fourth-order valence-corrected chi connectivity index (χ4v) is 2.29. The highest BCUT2D eigenvalue weighted by Crippen LogP contribution is 2.43. The molecule has 0 atom stereocenters. The third kappa shape index (κ3) is 1.61. The summed E-state index contributed by atoms with van der Waals surface area (Å²) in [5, 5.41) is 0. The van der Waals surface area contributed by atoms with E-state index in [1.807, 2.05) is 0 Å². The zero-order valence-corrected chi connectivity index (χ0v) is 10.5. The lowest BCUT2D eigenvalue weighted by Gasteiger charge is -2.39. The molecular formula is C14H18N2. The molecule has 1 aromatic rings. The van der Waals surface area contributed by atoms with E-state index in [1.165, 1.54) is 0 Å². The van der Waals surface area contributed by atoms with Gasteiger partial charge in [-0.1, -0.05) is 27.7 Å². The lowest BCUT2D eigenvalue weighted by atomic mass is 9.67. The van der Waals surface area contributed by atoms with E-state index in [2.05, 4.69) is 43.6 Å². The van der Waals surface area contributed by atoms with Crippen LogP contribution < -0.4 is 0 Å². The molecule has 0 amide bonds. The zero-order valence-electron chi connectivity index (χ0n) is 10.5. The van der Waals surface area contributed by atoms with Gasteiger partial charge < -0.3 is 0 Å². The third-order valence-electron chi connectivity index (χ3n) is 3.58. The molecule has 0 aliphatic heterocycles. The van der Waals surface area contributed by atoms with E-state index in [9.17, 15) is 0 Å². The normalized spacial score (nSPS) is 20.9. The standard InChI is InChI=1S/C14H18N2/c1-6-10-9-15-11-12(16-10)14(4,5)8-7-13(11,2)3/h1,9H,7-8H2,2-5H3. The number of nitrogens with zero attached hydrogens (tertiary/aromatic N) is 2. The minimum absolute atomic E-state index is 0.0880. The molecule has 2 rings (SSSR count). The maximum Gasteiger partial charge on any atom is 0.131 e. The summed E-state index contributed by atoms with van der Waals surface area (Å²) in [4.78, 5) is 9.12. The summed E-state index contributed by atoms with van der Waals surface area (Å²) >= 11 is 0. The molecule has 2 heteroatoms. The highest BCUT2D eigenvalue weighted by Gasteiger charge is 2.39. The van der Waals surface area contributed by atoms with Crippen molar-refractivity contribution in [1.82, 2.24) is 9.97 Å². The Morgan fingerprint density at radius 2 is 1.69 bits per heavy atom. The average molecular weight is 214 g/mol. The van der Waals surface area contributed by atoms with Crippen LogP contribution >= 0.6 is 0 Å². The molecule has 0 aromatic carbocycles. The molecule has 0 spiro atoms. The molecule has 0 unspecified atom stereocenters. The van der Waals surface area contributed by atoms with Gasteiger partial charge in [-0.25, -0.2) is 4.98 Å². The van der Waals surface area contributed by atoms with E-state index in [0.29, 0.717) is 5.69 Å². The fraction of sp³-hybridized carbons (Fsp3) is 0.571. The zero-order chi connectivity index (χ0) is 12.0. The molecule has 1 heterocycles. The largest absolute Gasteiger partial charge is 0.256 e. The van der Waals surface area contributed by atoms with Crippen molar-refractivity contribution in [3.8, 4) is 12.3 Å². The monoisotopic (exact) mass is 214 g/mol. The number of rotatable bonds is 0. The number of hydrogen-bond donors (Lipinski definition) is 0. The summed E-state index contributed by atoms with van der Waals surface area (Å²) < 4.78 is 0. The highest BCUT2D eigenvalue weighted by atomic mass is 14.9. The molecule has 0 fully saturated rings. The second kappa shape index (κ2) is 3.31. The van der Waals surface area contributed by atoms with Crippen molar-refractivity contribution in [3.05, 3.63) is 23.3 Å². The molecule has 2 nitrogen and oxygen atoms in total. The van der Waals surface area contributed by atoms with Gasteiger partial charge in [0.1, 0.15) is 5.69 Å². The second-order valence-electron chi connectivity index (χ2n) is 5.86. The lowest BCUT2D eigenvalue weighted by molar-refractivity contribution is 0.314. The number of fused-ring (bicyclic) bond motifs is 1. The first kappa shape index (κ1) is 11.1. The first-order valence-electron chi connectivity index (χ1n) is 5.71. The number of terminal acetylenes is 1. The van der Waals surface area contributed by atoms with Crippen molar-refractivity contribution in [2.45, 2.75) is 51.4 Å². The van der Waals surface area contributed by atoms with Gasteiger partial charge in [0.15, 0.2) is 0 Å². The molecule has 16 heavy (non-hydrogen) atoms. The van der Waals surface area contributed by atoms with Gasteiger partial charge in [-0.3, -0.25) is 4.98 Å². The predicted molar refractivity (Wildman–Crippen MR) is 65.3 cm³/mol. The van der Waals surface area contributed by atoms with Gasteiger partial charge >= 0.3 is 0 Å². The molecule has 0 bridgehead atoms. The lowest BCUT2D eigenvalue weighted by Crippen LogP contribution is -2.36. The van der Waals surface area contributed by atoms with Crippen LogP contribution in [0.15, 0.2) is 6.20 Å². The van der Waals surface area contributed by atoms with Crippen LogP contribution in [0.3, 0.4) is 0 Å². The van der Waals surface area contributed by atoms with Crippen LogP contribution in [0, 0.1) is 12.3 Å². The van der Waals surface area contributed by atoms with Crippen molar-refractivity contribution >= 4 is 0 Å². The Balaban J connectivity index is 2.66. The quantitative estimate of drug-likeness (QED) is 0.621. The van der Waals surface area contributed by atoms with Crippen LogP contribution in [0.2, 0.25) is 0 Å². The van der Waals surface area contributed by atoms with E-state index < -0.39 is 0 Å². The van der Waals surface area contributed by atoms with E-state index in [4.69, 9.17) is 6.42 Å². The summed E-state index contributed by atoms with van der Waals surface area (Å²) in [5.74, 6) is 2.57. The van der Waals surface area contributed by atoms with Crippen molar-refractivity contribution in [2.24, 2.45) is 0 Å². The maximum absolute atomic E-state index is 5.39. The van der Waals surface area contributed by atoms with Crippen LogP contribution in [0.1, 0.15) is 57.6 Å². The van der Waals surface area contributed by atoms with Crippen LogP contribution in [0.5, 0.6) is 0 Å². The van der Waals surface area contributed by atoms with Gasteiger partial charge in [-0.05, 0) is 18.8 Å². The van der Waals surface area contributed by atoms with Gasteiger partial charge in [0, 0.05) is 10.8 Å². The Bertz CT molecular complexity index is 464. The van der Waals surface area contributed by atoms with Crippen molar-refractivity contribution in [2.75, 3.05) is 0 Å². The van der Waals surface area contributed by atoms with Gasteiger partial charge in [0.2, 0.25) is 0 Å². The molecule has 1 aliphatic rings. The predicted octanol–water partition coefficient (Wildman–Crippen LogP) is 2.81. The van der Waals surface area contributed by atoms with Gasteiger partial charge in [-0.15, -0.1) is 6.42 Å². The van der Waals surface area contributed by atoms with Crippen LogP contribution in [0.4, 0.5) is 0 Å². The molecule has 0 radical (unpaired) electrons. The smallest absolute Gasteiger partial charge is 0.131 e. The minimum atomic E-state index is 0.0880. The number of hydrogen-bond acceptors (Lipinski definition) is 2. The van der Waals surface area contributed by atoms with Crippen LogP contribution in [0.25, 0.3) is 0 Å². The summed E-state index contributed by atoms with van der Waals surface area (Å²) in [5.41, 5.74) is 3.04. The first-order chi connectivity index (χ1) is 7.37. The Labute approximate surface area is 97.5 Å². The fourth-order valence-electron chi connectivity index (χ4n) is 2.29. The highest BCUT2D eigenvalue weighted by molar-refractivity contribution is 5.34. The molecular weight excluding hydrogens is 196 g/mol. The van der Waals surface area contributed by atoms with Crippen molar-refractivity contribution < 1.29 is 0 Å². The van der Waals surface area contributed by atoms with Gasteiger partial charge in [0.05, 0.1) is 17.6 Å². The Morgan fingerprint density at radius 3 is 2.25 bits per heavy atom. The molecule has 0 saturated heterocycles. The van der Waals surface area contributed by atoms with Gasteiger partial charge in [-0.2, -0.15) is 0 Å². The van der Waals surface area contributed by atoms with E-state index in [-0.39, 0.29) is 10.8 Å². The molecule has 0 saturated carbocycles. The number of aromatic nitrogens is 2. The summed E-state index contributed by atoms with van der Waals surface area (Å²) in [6.07, 6.45) is 9.38. The van der Waals surface area contributed by atoms with Crippen LogP contribution in [-0.2, 0) is 10.8 Å². The molecule has 1 aliphatic carbocycles. The summed E-state index contributed by atoms with van der Waals surface area (Å²) in [6, 6.07) is 0. The van der Waals surface area contributed by atoms with E-state index in [0.717, 1.165) is 24.2 Å².